The van der Waals surface area contributed by atoms with Crippen molar-refractivity contribution in [1.29, 1.82) is 0 Å². The largest absolute Gasteiger partial charge is 0.738 e. The Balaban J connectivity index is 2.12. The molecule has 0 N–H and O–H groups in total. The second kappa shape index (κ2) is 4.75. The fourth-order valence-corrected chi connectivity index (χ4v) is 4.84. The standard InChI is InChI=1S/C14H9BBr2F2N2S/c1-8-6-9(7-22-8)14-10-2-4-12(16)20(10)15(18,19)21-11(14)3-5-13(21)17/h2-7H,1H3. The van der Waals surface area contributed by atoms with Crippen LogP contribution in [0.1, 0.15) is 16.1 Å². The molecule has 4 rings (SSSR count). The maximum Gasteiger partial charge on any atom is 0.738 e. The molecule has 0 aliphatic carbocycles. The van der Waals surface area contributed by atoms with Crippen LogP contribution in [0.15, 0.2) is 46.0 Å². The SMILES string of the molecule is Cc1cc(C2=C3C=CC(Br)=[N+]3[B-](F)(F)n3c(Br)ccc32)cs1. The molecule has 0 amide bonds. The second-order valence-electron chi connectivity index (χ2n) is 5.23. The number of allylic oxidation sites excluding steroid dienone is 2. The minimum Gasteiger partial charge on any atom is -0.389 e. The van der Waals surface area contributed by atoms with Gasteiger partial charge < -0.3 is 17.6 Å². The van der Waals surface area contributed by atoms with E-state index in [1.165, 1.54) is 0 Å². The topological polar surface area (TPSA) is 7.94 Å². The van der Waals surface area contributed by atoms with Gasteiger partial charge in [0.25, 0.3) is 0 Å². The Labute approximate surface area is 146 Å². The van der Waals surface area contributed by atoms with E-state index in [1.807, 2.05) is 18.4 Å². The molecule has 0 saturated carbocycles. The number of hydrogen-bond acceptors (Lipinski definition) is 1. The van der Waals surface area contributed by atoms with Crippen LogP contribution < -0.4 is 0 Å². The van der Waals surface area contributed by atoms with Crippen molar-refractivity contribution in [2.75, 3.05) is 0 Å². The first-order chi connectivity index (χ1) is 10.4. The zero-order chi connectivity index (χ0) is 15.6. The third kappa shape index (κ3) is 1.83. The first-order valence-corrected chi connectivity index (χ1v) is 9.07. The van der Waals surface area contributed by atoms with Gasteiger partial charge in [0, 0.05) is 44.2 Å². The number of fused-ring (bicyclic) bond motifs is 2. The molecule has 0 spiro atoms. The van der Waals surface area contributed by atoms with Crippen LogP contribution in [0.5, 0.6) is 0 Å². The lowest BCUT2D eigenvalue weighted by Gasteiger charge is -2.31. The van der Waals surface area contributed by atoms with E-state index in [0.717, 1.165) is 25.0 Å². The molecule has 0 saturated heterocycles. The summed E-state index contributed by atoms with van der Waals surface area (Å²) in [4.78, 5) is 1.15. The first kappa shape index (κ1) is 14.6. The quantitative estimate of drug-likeness (QED) is 0.546. The Morgan fingerprint density at radius 3 is 2.68 bits per heavy atom. The first-order valence-electron chi connectivity index (χ1n) is 6.60. The van der Waals surface area contributed by atoms with E-state index in [4.69, 9.17) is 0 Å². The van der Waals surface area contributed by atoms with Crippen LogP contribution >= 0.6 is 43.2 Å². The number of aryl methyl sites for hydroxylation is 1. The lowest BCUT2D eigenvalue weighted by molar-refractivity contribution is -0.358. The van der Waals surface area contributed by atoms with E-state index in [2.05, 4.69) is 31.9 Å². The smallest absolute Gasteiger partial charge is 0.389 e. The average Bonchev–Trinajstić information content (AvgIpc) is 3.12. The molecular formula is C14H9BBr2F2N2S. The summed E-state index contributed by atoms with van der Waals surface area (Å²) in [6, 6.07) is 5.45. The summed E-state index contributed by atoms with van der Waals surface area (Å²) in [5, 5.41) is 2.01. The predicted molar refractivity (Wildman–Crippen MR) is 93.9 cm³/mol. The Kier molecular flexibility index (Phi) is 3.15. The Morgan fingerprint density at radius 2 is 2.00 bits per heavy atom. The summed E-state index contributed by atoms with van der Waals surface area (Å²) in [5.74, 6) is 0. The molecule has 2 nitrogen and oxygen atoms in total. The molecule has 0 unspecified atom stereocenters. The lowest BCUT2D eigenvalue weighted by Crippen LogP contribution is -2.50. The molecule has 2 aliphatic heterocycles. The van der Waals surface area contributed by atoms with Crippen LogP contribution in [-0.4, -0.2) is 20.6 Å². The van der Waals surface area contributed by atoms with Gasteiger partial charge in [-0.2, -0.15) is 0 Å². The summed E-state index contributed by atoms with van der Waals surface area (Å²) in [6.07, 6.45) is 3.41. The molecule has 4 heterocycles. The number of thiophene rings is 1. The molecule has 2 aromatic rings. The molecule has 0 bridgehead atoms. The molecule has 0 radical (unpaired) electrons. The van der Waals surface area contributed by atoms with Crippen LogP contribution in [-0.2, 0) is 0 Å². The predicted octanol–water partition coefficient (Wildman–Crippen LogP) is 4.99. The zero-order valence-electron chi connectivity index (χ0n) is 11.4. The highest BCUT2D eigenvalue weighted by molar-refractivity contribution is 9.18. The van der Waals surface area contributed by atoms with Crippen molar-refractivity contribution in [2.24, 2.45) is 0 Å². The van der Waals surface area contributed by atoms with Crippen LogP contribution in [0.4, 0.5) is 8.63 Å². The van der Waals surface area contributed by atoms with Gasteiger partial charge in [-0.1, -0.05) is 0 Å². The summed E-state index contributed by atoms with van der Waals surface area (Å²) >= 11 is 8.13. The molecule has 2 aliphatic rings. The van der Waals surface area contributed by atoms with Gasteiger partial charge in [-0.05, 0) is 46.4 Å². The molecule has 0 aromatic carbocycles. The molecule has 2 aromatic heterocycles. The molecule has 8 heteroatoms. The van der Waals surface area contributed by atoms with Crippen molar-refractivity contribution >= 4 is 60.4 Å². The van der Waals surface area contributed by atoms with E-state index in [0.29, 0.717) is 20.6 Å². The van der Waals surface area contributed by atoms with Gasteiger partial charge in [-0.25, -0.2) is 0 Å². The van der Waals surface area contributed by atoms with Crippen LogP contribution in [0, 0.1) is 6.92 Å². The fraction of sp³-hybridized carbons (Fsp3) is 0.0714. The minimum absolute atomic E-state index is 0.378. The minimum atomic E-state index is -3.94. The van der Waals surface area contributed by atoms with Crippen LogP contribution in [0.2, 0.25) is 0 Å². The van der Waals surface area contributed by atoms with E-state index in [1.54, 1.807) is 35.6 Å². The average molecular weight is 446 g/mol. The maximum atomic E-state index is 15.0. The molecule has 0 atom stereocenters. The van der Waals surface area contributed by atoms with Gasteiger partial charge in [0.1, 0.15) is 0 Å². The zero-order valence-corrected chi connectivity index (χ0v) is 15.3. The van der Waals surface area contributed by atoms with Crippen LogP contribution in [0.3, 0.4) is 0 Å². The number of nitrogens with zero attached hydrogens (tertiary/aromatic N) is 2. The van der Waals surface area contributed by atoms with E-state index in [9.17, 15) is 8.63 Å². The van der Waals surface area contributed by atoms with E-state index in [-0.39, 0.29) is 0 Å². The summed E-state index contributed by atoms with van der Waals surface area (Å²) in [5.41, 5.74) is 2.86. The van der Waals surface area contributed by atoms with Gasteiger partial charge in [0.2, 0.25) is 4.62 Å². The third-order valence-corrected chi connectivity index (χ3v) is 6.04. The monoisotopic (exact) mass is 444 g/mol. The van der Waals surface area contributed by atoms with Crippen molar-refractivity contribution in [2.45, 2.75) is 6.92 Å². The van der Waals surface area contributed by atoms with Gasteiger partial charge in [0.05, 0.1) is 10.2 Å². The van der Waals surface area contributed by atoms with Crippen molar-refractivity contribution in [1.82, 2.24) is 4.48 Å². The highest BCUT2D eigenvalue weighted by Gasteiger charge is 2.54. The highest BCUT2D eigenvalue weighted by atomic mass is 79.9. The Morgan fingerprint density at radius 1 is 1.23 bits per heavy atom. The fourth-order valence-electron chi connectivity index (χ4n) is 3.00. The van der Waals surface area contributed by atoms with Crippen molar-refractivity contribution < 1.29 is 13.1 Å². The van der Waals surface area contributed by atoms with Crippen LogP contribution in [0.25, 0.3) is 5.57 Å². The normalized spacial score (nSPS) is 19.0. The lowest BCUT2D eigenvalue weighted by atomic mass is 9.87. The Bertz CT molecular complexity index is 908. The van der Waals surface area contributed by atoms with Gasteiger partial charge in [-0.3, -0.25) is 0 Å². The van der Waals surface area contributed by atoms with E-state index >= 15 is 0 Å². The number of hydrogen-bond donors (Lipinski definition) is 0. The molecule has 112 valence electrons. The summed E-state index contributed by atoms with van der Waals surface area (Å²) < 4.78 is 32.9. The number of aromatic nitrogens is 1. The third-order valence-electron chi connectivity index (χ3n) is 3.89. The molecular weight excluding hydrogens is 437 g/mol. The molecule has 0 fully saturated rings. The highest BCUT2D eigenvalue weighted by Crippen LogP contribution is 2.42. The second-order valence-corrected chi connectivity index (χ2v) is 7.97. The maximum absolute atomic E-state index is 15.0. The number of rotatable bonds is 1. The summed E-state index contributed by atoms with van der Waals surface area (Å²) in [6.45, 7) is -1.92. The number of halogens is 4. The van der Waals surface area contributed by atoms with Crippen molar-refractivity contribution in [3.05, 3.63) is 62.2 Å². The van der Waals surface area contributed by atoms with Crippen molar-refractivity contribution in [3.63, 3.8) is 0 Å². The Hall–Kier alpha value is -0.985. The van der Waals surface area contributed by atoms with Gasteiger partial charge >= 0.3 is 6.97 Å². The summed E-state index contributed by atoms with van der Waals surface area (Å²) in [7, 11) is 0. The van der Waals surface area contributed by atoms with Crippen molar-refractivity contribution in [3.8, 4) is 0 Å². The van der Waals surface area contributed by atoms with Gasteiger partial charge in [0.15, 0.2) is 5.70 Å². The van der Waals surface area contributed by atoms with E-state index < -0.39 is 6.97 Å². The van der Waals surface area contributed by atoms with Gasteiger partial charge in [-0.15, -0.1) is 11.3 Å². The molecule has 22 heavy (non-hydrogen) atoms.